The van der Waals surface area contributed by atoms with Crippen LogP contribution in [0.25, 0.3) is 16.9 Å². The molecule has 0 bridgehead atoms. The summed E-state index contributed by atoms with van der Waals surface area (Å²) >= 11 is 0. The normalized spacial score (nSPS) is 11.2. The highest BCUT2D eigenvalue weighted by Crippen LogP contribution is 2.33. The van der Waals surface area contributed by atoms with E-state index in [9.17, 15) is 33.4 Å². The summed E-state index contributed by atoms with van der Waals surface area (Å²) in [6, 6.07) is 12.7. The van der Waals surface area contributed by atoms with Gasteiger partial charge < -0.3 is 9.68 Å². The Bertz CT molecular complexity index is 1000. The van der Waals surface area contributed by atoms with Crippen molar-refractivity contribution >= 4 is 0 Å². The molecule has 0 aliphatic carbocycles. The van der Waals surface area contributed by atoms with Crippen molar-refractivity contribution < 1.29 is 33.0 Å². The first-order chi connectivity index (χ1) is 14.6. The summed E-state index contributed by atoms with van der Waals surface area (Å²) in [6.45, 7) is -0.602. The second-order valence-electron chi connectivity index (χ2n) is 6.18. The zero-order valence-corrected chi connectivity index (χ0v) is 15.5. The van der Waals surface area contributed by atoms with Crippen molar-refractivity contribution in [3.63, 3.8) is 0 Å². The van der Waals surface area contributed by atoms with Crippen LogP contribution >= 0.6 is 0 Å². The summed E-state index contributed by atoms with van der Waals surface area (Å²) in [6.07, 6.45) is -4.68. The number of benzene rings is 2. The largest absolute Gasteiger partial charge is 0.435 e. The SMILES string of the molecule is O=[N+]([O-])OCc1ccc(-c2cc(C(F)(F)F)nn2-c2ccc(CO[N+](=O)[O-])cc2)cc1. The van der Waals surface area contributed by atoms with Gasteiger partial charge in [-0.25, -0.2) is 4.68 Å². The molecule has 0 saturated carbocycles. The first-order valence-electron chi connectivity index (χ1n) is 8.54. The second kappa shape index (κ2) is 8.69. The molecule has 0 unspecified atom stereocenters. The third-order valence-corrected chi connectivity index (χ3v) is 4.10. The fourth-order valence-electron chi connectivity index (χ4n) is 2.68. The van der Waals surface area contributed by atoms with Crippen LogP contribution in [0, 0.1) is 20.2 Å². The second-order valence-corrected chi connectivity index (χ2v) is 6.18. The molecule has 2 aromatic carbocycles. The molecule has 0 atom stereocenters. The Hall–Kier alpha value is -4.16. The van der Waals surface area contributed by atoms with Crippen LogP contribution in [0.2, 0.25) is 0 Å². The average Bonchev–Trinajstić information content (AvgIpc) is 3.17. The molecule has 0 aliphatic rings. The summed E-state index contributed by atoms with van der Waals surface area (Å²) in [5.74, 6) is 0. The molecule has 10 nitrogen and oxygen atoms in total. The third-order valence-electron chi connectivity index (χ3n) is 4.10. The summed E-state index contributed by atoms with van der Waals surface area (Å²) in [5, 5.41) is 22.3. The Morgan fingerprint density at radius 3 is 1.81 bits per heavy atom. The van der Waals surface area contributed by atoms with Crippen LogP contribution in [0.4, 0.5) is 13.2 Å². The van der Waals surface area contributed by atoms with Gasteiger partial charge >= 0.3 is 6.18 Å². The summed E-state index contributed by atoms with van der Waals surface area (Å²) < 4.78 is 40.9. The number of nitrogens with zero attached hydrogens (tertiary/aromatic N) is 4. The molecular weight excluding hydrogens is 425 g/mol. The predicted octanol–water partition coefficient (Wildman–Crippen LogP) is 3.97. The van der Waals surface area contributed by atoms with E-state index >= 15 is 0 Å². The minimum absolute atomic E-state index is 0.128. The van der Waals surface area contributed by atoms with E-state index in [0.717, 1.165) is 10.7 Å². The van der Waals surface area contributed by atoms with E-state index in [4.69, 9.17) is 0 Å². The van der Waals surface area contributed by atoms with Crippen molar-refractivity contribution in [3.05, 3.63) is 91.6 Å². The lowest BCUT2D eigenvalue weighted by molar-refractivity contribution is -0.763. The number of halogens is 3. The van der Waals surface area contributed by atoms with E-state index in [1.54, 1.807) is 0 Å². The number of rotatable bonds is 8. The topological polar surface area (TPSA) is 123 Å². The highest BCUT2D eigenvalue weighted by atomic mass is 19.4. The highest BCUT2D eigenvalue weighted by Gasteiger charge is 2.35. The van der Waals surface area contributed by atoms with Crippen LogP contribution in [0.3, 0.4) is 0 Å². The van der Waals surface area contributed by atoms with Crippen molar-refractivity contribution in [1.29, 1.82) is 0 Å². The van der Waals surface area contributed by atoms with Gasteiger partial charge in [-0.15, -0.1) is 20.2 Å². The van der Waals surface area contributed by atoms with Gasteiger partial charge in [0, 0.05) is 5.56 Å². The Kier molecular flexibility index (Phi) is 6.04. The zero-order valence-electron chi connectivity index (χ0n) is 15.5. The molecule has 162 valence electrons. The smallest absolute Gasteiger partial charge is 0.309 e. The molecule has 31 heavy (non-hydrogen) atoms. The van der Waals surface area contributed by atoms with Crippen molar-refractivity contribution in [2.75, 3.05) is 0 Å². The fraction of sp³-hybridized carbons (Fsp3) is 0.167. The third kappa shape index (κ3) is 5.46. The molecule has 0 radical (unpaired) electrons. The zero-order chi connectivity index (χ0) is 22.6. The van der Waals surface area contributed by atoms with Gasteiger partial charge in [-0.2, -0.15) is 18.3 Å². The fourth-order valence-corrected chi connectivity index (χ4v) is 2.68. The molecule has 1 heterocycles. The van der Waals surface area contributed by atoms with Crippen LogP contribution in [-0.4, -0.2) is 20.0 Å². The van der Waals surface area contributed by atoms with Crippen molar-refractivity contribution in [1.82, 2.24) is 9.78 Å². The van der Waals surface area contributed by atoms with Gasteiger partial charge in [-0.1, -0.05) is 36.4 Å². The molecule has 0 aliphatic heterocycles. The van der Waals surface area contributed by atoms with E-state index < -0.39 is 22.0 Å². The lowest BCUT2D eigenvalue weighted by Gasteiger charge is -2.09. The van der Waals surface area contributed by atoms with Gasteiger partial charge in [-0.3, -0.25) is 0 Å². The molecule has 13 heteroatoms. The molecular formula is C18H13F3N4O6. The summed E-state index contributed by atoms with van der Waals surface area (Å²) in [7, 11) is 0. The Balaban J connectivity index is 1.94. The Labute approximate surface area is 171 Å². The summed E-state index contributed by atoms with van der Waals surface area (Å²) in [5.41, 5.74) is 0.593. The number of alkyl halides is 3. The van der Waals surface area contributed by atoms with Gasteiger partial charge in [-0.05, 0) is 29.3 Å². The van der Waals surface area contributed by atoms with Gasteiger partial charge in [0.1, 0.15) is 13.2 Å². The number of aromatic nitrogens is 2. The van der Waals surface area contributed by atoms with Crippen LogP contribution in [0.5, 0.6) is 0 Å². The maximum atomic E-state index is 13.3. The number of hydrogen-bond donors (Lipinski definition) is 0. The van der Waals surface area contributed by atoms with Crippen molar-refractivity contribution in [2.24, 2.45) is 0 Å². The molecule has 0 spiro atoms. The molecule has 3 rings (SSSR count). The standard InChI is InChI=1S/C18H13F3N4O6/c19-18(20,21)17-9-16(14-5-1-12(2-6-14)10-30-24(26)27)23(22-17)15-7-3-13(4-8-15)11-31-25(28)29/h1-9H,10-11H2. The maximum absolute atomic E-state index is 13.3. The van der Waals surface area contributed by atoms with E-state index in [-0.39, 0.29) is 24.6 Å². The molecule has 0 N–H and O–H groups in total. The van der Waals surface area contributed by atoms with Crippen LogP contribution < -0.4 is 0 Å². The minimum atomic E-state index is -4.68. The van der Waals surface area contributed by atoms with Gasteiger partial charge in [0.2, 0.25) is 0 Å². The van der Waals surface area contributed by atoms with Gasteiger partial charge in [0.05, 0.1) is 11.4 Å². The van der Waals surface area contributed by atoms with Crippen LogP contribution in [-0.2, 0) is 29.1 Å². The first-order valence-corrected chi connectivity index (χ1v) is 8.54. The summed E-state index contributed by atoms with van der Waals surface area (Å²) in [4.78, 5) is 29.1. The van der Waals surface area contributed by atoms with Crippen LogP contribution in [0.1, 0.15) is 16.8 Å². The van der Waals surface area contributed by atoms with Crippen molar-refractivity contribution in [3.8, 4) is 16.9 Å². The van der Waals surface area contributed by atoms with Gasteiger partial charge in [0.15, 0.2) is 5.69 Å². The molecule has 1 aromatic heterocycles. The highest BCUT2D eigenvalue weighted by molar-refractivity contribution is 5.63. The minimum Gasteiger partial charge on any atom is -0.309 e. The van der Waals surface area contributed by atoms with Crippen molar-refractivity contribution in [2.45, 2.75) is 19.4 Å². The Morgan fingerprint density at radius 2 is 1.35 bits per heavy atom. The molecule has 0 saturated heterocycles. The quantitative estimate of drug-likeness (QED) is 0.385. The molecule has 3 aromatic rings. The molecule has 0 amide bonds. The Morgan fingerprint density at radius 1 is 0.871 bits per heavy atom. The maximum Gasteiger partial charge on any atom is 0.435 e. The van der Waals surface area contributed by atoms with E-state index in [1.807, 2.05) is 0 Å². The van der Waals surface area contributed by atoms with Gasteiger partial charge in [0.25, 0.3) is 10.2 Å². The van der Waals surface area contributed by atoms with Crippen LogP contribution in [0.15, 0.2) is 54.6 Å². The lowest BCUT2D eigenvalue weighted by Crippen LogP contribution is -2.07. The predicted molar refractivity (Wildman–Crippen MR) is 97.6 cm³/mol. The monoisotopic (exact) mass is 438 g/mol. The van der Waals surface area contributed by atoms with E-state index in [0.29, 0.717) is 16.7 Å². The number of hydrogen-bond acceptors (Lipinski definition) is 7. The van der Waals surface area contributed by atoms with E-state index in [2.05, 4.69) is 14.8 Å². The molecule has 0 fully saturated rings. The first kappa shape index (κ1) is 21.5. The lowest BCUT2D eigenvalue weighted by atomic mass is 10.1. The van der Waals surface area contributed by atoms with E-state index in [1.165, 1.54) is 48.5 Å². The average molecular weight is 438 g/mol.